The Bertz CT molecular complexity index is 562. The standard InChI is InChI=1S/C13H18N2O2S2/c14-13(18)11-7-3-4-8-12(11)19(16,17)15-9-5-1-2-6-10-15/h3-4,7-8H,1-2,5-6,9-10H2,(H2,14,18). The predicted molar refractivity (Wildman–Crippen MR) is 79.6 cm³/mol. The molecular formula is C13H18N2O2S2. The summed E-state index contributed by atoms with van der Waals surface area (Å²) in [5.74, 6) is 0. The Morgan fingerprint density at radius 1 is 1.11 bits per heavy atom. The summed E-state index contributed by atoms with van der Waals surface area (Å²) in [5.41, 5.74) is 6.05. The number of nitrogens with zero attached hydrogens (tertiary/aromatic N) is 1. The van der Waals surface area contributed by atoms with E-state index < -0.39 is 10.0 Å². The summed E-state index contributed by atoms with van der Waals surface area (Å²) in [5, 5.41) is 0. The normalized spacial score (nSPS) is 17.9. The Labute approximate surface area is 119 Å². The number of rotatable bonds is 3. The minimum absolute atomic E-state index is 0.119. The van der Waals surface area contributed by atoms with E-state index in [1.165, 1.54) is 0 Å². The number of nitrogens with two attached hydrogens (primary N) is 1. The summed E-state index contributed by atoms with van der Waals surface area (Å²) in [6.45, 7) is 1.15. The lowest BCUT2D eigenvalue weighted by molar-refractivity contribution is 0.423. The third-order valence-electron chi connectivity index (χ3n) is 3.34. The fourth-order valence-electron chi connectivity index (χ4n) is 2.32. The van der Waals surface area contributed by atoms with Crippen molar-refractivity contribution >= 4 is 27.2 Å². The van der Waals surface area contributed by atoms with Gasteiger partial charge in [0.15, 0.2) is 0 Å². The fraction of sp³-hybridized carbons (Fsp3) is 0.462. The lowest BCUT2D eigenvalue weighted by atomic mass is 10.2. The first kappa shape index (κ1) is 14.4. The second-order valence-corrected chi connectivity index (χ2v) is 7.02. The van der Waals surface area contributed by atoms with Gasteiger partial charge in [0.1, 0.15) is 4.99 Å². The first-order chi connectivity index (χ1) is 9.03. The number of hydrogen-bond acceptors (Lipinski definition) is 3. The molecule has 1 saturated heterocycles. The van der Waals surface area contributed by atoms with Crippen LogP contribution in [0.5, 0.6) is 0 Å². The quantitative estimate of drug-likeness (QED) is 0.866. The van der Waals surface area contributed by atoms with Gasteiger partial charge in [-0.05, 0) is 18.9 Å². The van der Waals surface area contributed by atoms with Crippen LogP contribution in [-0.2, 0) is 10.0 Å². The van der Waals surface area contributed by atoms with Crippen molar-refractivity contribution in [3.63, 3.8) is 0 Å². The van der Waals surface area contributed by atoms with Crippen molar-refractivity contribution in [3.8, 4) is 0 Å². The van der Waals surface area contributed by atoms with E-state index in [1.807, 2.05) is 0 Å². The molecule has 2 N–H and O–H groups in total. The van der Waals surface area contributed by atoms with Gasteiger partial charge in [0, 0.05) is 18.7 Å². The summed E-state index contributed by atoms with van der Waals surface area (Å²) in [6, 6.07) is 6.68. The van der Waals surface area contributed by atoms with Crippen molar-refractivity contribution < 1.29 is 8.42 Å². The van der Waals surface area contributed by atoms with Crippen LogP contribution < -0.4 is 5.73 Å². The van der Waals surface area contributed by atoms with Gasteiger partial charge in [-0.3, -0.25) is 0 Å². The highest BCUT2D eigenvalue weighted by molar-refractivity contribution is 7.89. The van der Waals surface area contributed by atoms with Crippen LogP contribution in [0.15, 0.2) is 29.2 Å². The smallest absolute Gasteiger partial charge is 0.243 e. The summed E-state index contributed by atoms with van der Waals surface area (Å²) >= 11 is 4.94. The lowest BCUT2D eigenvalue weighted by Crippen LogP contribution is -2.33. The fourth-order valence-corrected chi connectivity index (χ4v) is 4.28. The van der Waals surface area contributed by atoms with Crippen molar-refractivity contribution in [3.05, 3.63) is 29.8 Å². The zero-order valence-electron chi connectivity index (χ0n) is 10.7. The molecule has 1 aromatic carbocycles. The molecule has 0 unspecified atom stereocenters. The van der Waals surface area contributed by atoms with E-state index in [-0.39, 0.29) is 9.88 Å². The highest BCUT2D eigenvalue weighted by Crippen LogP contribution is 2.23. The molecule has 1 heterocycles. The molecular weight excluding hydrogens is 280 g/mol. The Morgan fingerprint density at radius 3 is 2.26 bits per heavy atom. The Hall–Kier alpha value is -0.980. The van der Waals surface area contributed by atoms with E-state index in [0.29, 0.717) is 18.7 Å². The Balaban J connectivity index is 2.41. The highest BCUT2D eigenvalue weighted by atomic mass is 32.2. The average Bonchev–Trinajstić information content (AvgIpc) is 2.68. The molecule has 0 radical (unpaired) electrons. The van der Waals surface area contributed by atoms with Gasteiger partial charge in [-0.1, -0.05) is 43.3 Å². The SMILES string of the molecule is NC(=S)c1ccccc1S(=O)(=O)N1CCCCCC1. The minimum atomic E-state index is -3.50. The van der Waals surface area contributed by atoms with Crippen LogP contribution in [0.4, 0.5) is 0 Å². The molecule has 1 aliphatic heterocycles. The summed E-state index contributed by atoms with van der Waals surface area (Å²) in [7, 11) is -3.50. The van der Waals surface area contributed by atoms with E-state index in [9.17, 15) is 8.42 Å². The van der Waals surface area contributed by atoms with Gasteiger partial charge in [-0.25, -0.2) is 8.42 Å². The van der Waals surface area contributed by atoms with Gasteiger partial charge >= 0.3 is 0 Å². The van der Waals surface area contributed by atoms with Crippen molar-refractivity contribution in [2.24, 2.45) is 5.73 Å². The van der Waals surface area contributed by atoms with E-state index >= 15 is 0 Å². The minimum Gasteiger partial charge on any atom is -0.389 e. The number of sulfonamides is 1. The molecule has 4 nitrogen and oxygen atoms in total. The van der Waals surface area contributed by atoms with Crippen LogP contribution >= 0.6 is 12.2 Å². The lowest BCUT2D eigenvalue weighted by Gasteiger charge is -2.21. The van der Waals surface area contributed by atoms with Gasteiger partial charge < -0.3 is 5.73 Å². The van der Waals surface area contributed by atoms with Crippen LogP contribution in [0.2, 0.25) is 0 Å². The predicted octanol–water partition coefficient (Wildman–Crippen LogP) is 1.89. The largest absolute Gasteiger partial charge is 0.389 e. The molecule has 0 bridgehead atoms. The van der Waals surface area contributed by atoms with Gasteiger partial charge in [-0.2, -0.15) is 4.31 Å². The maximum absolute atomic E-state index is 12.7. The molecule has 0 amide bonds. The molecule has 1 fully saturated rings. The van der Waals surface area contributed by atoms with Crippen molar-refractivity contribution in [2.75, 3.05) is 13.1 Å². The van der Waals surface area contributed by atoms with Crippen LogP contribution in [0, 0.1) is 0 Å². The molecule has 19 heavy (non-hydrogen) atoms. The maximum atomic E-state index is 12.7. The van der Waals surface area contributed by atoms with Crippen LogP contribution in [0.1, 0.15) is 31.2 Å². The van der Waals surface area contributed by atoms with Crippen molar-refractivity contribution in [1.82, 2.24) is 4.31 Å². The van der Waals surface area contributed by atoms with E-state index in [4.69, 9.17) is 18.0 Å². The summed E-state index contributed by atoms with van der Waals surface area (Å²) < 4.78 is 26.9. The molecule has 2 rings (SSSR count). The monoisotopic (exact) mass is 298 g/mol. The summed E-state index contributed by atoms with van der Waals surface area (Å²) in [4.78, 5) is 0.346. The maximum Gasteiger partial charge on any atom is 0.243 e. The van der Waals surface area contributed by atoms with Crippen LogP contribution in [0.25, 0.3) is 0 Å². The first-order valence-electron chi connectivity index (χ1n) is 6.42. The summed E-state index contributed by atoms with van der Waals surface area (Å²) in [6.07, 6.45) is 3.99. The number of benzene rings is 1. The average molecular weight is 298 g/mol. The number of hydrogen-bond donors (Lipinski definition) is 1. The second kappa shape index (κ2) is 5.98. The first-order valence-corrected chi connectivity index (χ1v) is 8.27. The van der Waals surface area contributed by atoms with Gasteiger partial charge in [0.25, 0.3) is 0 Å². The van der Waals surface area contributed by atoms with Gasteiger partial charge in [0.2, 0.25) is 10.0 Å². The molecule has 6 heteroatoms. The zero-order chi connectivity index (χ0) is 13.9. The molecule has 1 aromatic rings. The Kier molecular flexibility index (Phi) is 4.54. The molecule has 0 aliphatic carbocycles. The Morgan fingerprint density at radius 2 is 1.68 bits per heavy atom. The van der Waals surface area contributed by atoms with Gasteiger partial charge in [0.05, 0.1) is 4.90 Å². The molecule has 0 spiro atoms. The van der Waals surface area contributed by atoms with E-state index in [0.717, 1.165) is 25.7 Å². The molecule has 0 atom stereocenters. The molecule has 0 aromatic heterocycles. The number of thiocarbonyl (C=S) groups is 1. The van der Waals surface area contributed by atoms with Crippen LogP contribution in [-0.4, -0.2) is 30.8 Å². The third-order valence-corrected chi connectivity index (χ3v) is 5.51. The molecule has 0 saturated carbocycles. The molecule has 1 aliphatic rings. The highest BCUT2D eigenvalue weighted by Gasteiger charge is 2.27. The van der Waals surface area contributed by atoms with Crippen molar-refractivity contribution in [2.45, 2.75) is 30.6 Å². The third kappa shape index (κ3) is 3.13. The second-order valence-electron chi connectivity index (χ2n) is 4.68. The topological polar surface area (TPSA) is 63.4 Å². The van der Waals surface area contributed by atoms with Crippen molar-refractivity contribution in [1.29, 1.82) is 0 Å². The molecule has 104 valence electrons. The van der Waals surface area contributed by atoms with E-state index in [1.54, 1.807) is 28.6 Å². The zero-order valence-corrected chi connectivity index (χ0v) is 12.3. The van der Waals surface area contributed by atoms with Gasteiger partial charge in [-0.15, -0.1) is 0 Å². The van der Waals surface area contributed by atoms with E-state index in [2.05, 4.69) is 0 Å². The van der Waals surface area contributed by atoms with Crippen LogP contribution in [0.3, 0.4) is 0 Å².